The molecule has 2 aromatic rings. The van der Waals surface area contributed by atoms with E-state index in [1.807, 2.05) is 0 Å². The van der Waals surface area contributed by atoms with E-state index in [0.29, 0.717) is 10.6 Å². The van der Waals surface area contributed by atoms with Crippen molar-refractivity contribution in [2.45, 2.75) is 4.90 Å². The molecule has 116 valence electrons. The fourth-order valence-electron chi connectivity index (χ4n) is 1.78. The van der Waals surface area contributed by atoms with E-state index in [4.69, 9.17) is 22.0 Å². The first-order valence-corrected chi connectivity index (χ1v) is 8.16. The number of hydrogen-bond acceptors (Lipinski definition) is 4. The zero-order valence-electron chi connectivity index (χ0n) is 11.6. The molecule has 0 heterocycles. The van der Waals surface area contributed by atoms with E-state index < -0.39 is 20.7 Å². The highest BCUT2D eigenvalue weighted by atomic mass is 35.5. The van der Waals surface area contributed by atoms with Gasteiger partial charge in [0.15, 0.2) is 0 Å². The van der Waals surface area contributed by atoms with Crippen molar-refractivity contribution in [1.82, 2.24) is 0 Å². The van der Waals surface area contributed by atoms with Gasteiger partial charge in [0.1, 0.15) is 11.0 Å². The molecule has 0 radical (unpaired) electrons. The second-order valence-electron chi connectivity index (χ2n) is 4.50. The Bertz CT molecular complexity index is 908. The molecule has 2 aromatic carbocycles. The first kappa shape index (κ1) is 16.7. The number of carbonyl (C=O) groups is 1. The number of allylic oxidation sites excluding steroid dienone is 1. The van der Waals surface area contributed by atoms with E-state index in [2.05, 4.69) is 0 Å². The largest absolute Gasteiger partial charge is 0.478 e. The molecule has 0 atom stereocenters. The molecule has 0 aliphatic heterocycles. The Hall–Kier alpha value is -2.62. The van der Waals surface area contributed by atoms with Gasteiger partial charge in [-0.05, 0) is 48.0 Å². The summed E-state index contributed by atoms with van der Waals surface area (Å²) >= 11 is 5.72. The van der Waals surface area contributed by atoms with Gasteiger partial charge in [0.2, 0.25) is 9.84 Å². The molecule has 0 aromatic heterocycles. The molecule has 0 saturated heterocycles. The maximum atomic E-state index is 12.4. The third-order valence-corrected chi connectivity index (χ3v) is 4.91. The summed E-state index contributed by atoms with van der Waals surface area (Å²) in [6.07, 6.45) is 1.19. The van der Waals surface area contributed by atoms with Crippen LogP contribution in [0.1, 0.15) is 15.9 Å². The van der Waals surface area contributed by atoms with E-state index in [0.717, 1.165) is 0 Å². The van der Waals surface area contributed by atoms with Gasteiger partial charge in [-0.2, -0.15) is 5.26 Å². The lowest BCUT2D eigenvalue weighted by molar-refractivity contribution is 0.0697. The number of hydrogen-bond donors (Lipinski definition) is 1. The standard InChI is InChI=1S/C16H10ClNO4S/c17-13-5-7-14(8-6-13)23(21,22)15(10-18)9-11-1-3-12(4-2-11)16(19)20/h1-9H,(H,19,20)/b15-9+. The molecule has 0 fully saturated rings. The number of nitriles is 1. The highest BCUT2D eigenvalue weighted by Gasteiger charge is 2.20. The van der Waals surface area contributed by atoms with E-state index in [1.165, 1.54) is 54.6 Å². The molecule has 0 aliphatic rings. The minimum atomic E-state index is -3.97. The van der Waals surface area contributed by atoms with E-state index in [-0.39, 0.29) is 10.5 Å². The number of benzene rings is 2. The van der Waals surface area contributed by atoms with E-state index >= 15 is 0 Å². The number of sulfone groups is 1. The summed E-state index contributed by atoms with van der Waals surface area (Å²) in [4.78, 5) is 10.3. The van der Waals surface area contributed by atoms with Gasteiger partial charge in [0, 0.05) is 5.02 Å². The van der Waals surface area contributed by atoms with Crippen LogP contribution in [-0.4, -0.2) is 19.5 Å². The smallest absolute Gasteiger partial charge is 0.335 e. The second kappa shape index (κ2) is 6.65. The predicted molar refractivity (Wildman–Crippen MR) is 85.6 cm³/mol. The summed E-state index contributed by atoms with van der Waals surface area (Å²) in [5.41, 5.74) is 0.477. The molecule has 0 spiro atoms. The zero-order chi connectivity index (χ0) is 17.0. The molecule has 23 heavy (non-hydrogen) atoms. The van der Waals surface area contributed by atoms with Crippen LogP contribution in [0.25, 0.3) is 6.08 Å². The molecular weight excluding hydrogens is 338 g/mol. The number of aromatic carboxylic acids is 1. The minimum absolute atomic E-state index is 0.0446. The van der Waals surface area contributed by atoms with Gasteiger partial charge in [0.25, 0.3) is 0 Å². The third kappa shape index (κ3) is 3.77. The van der Waals surface area contributed by atoms with Gasteiger partial charge in [-0.25, -0.2) is 13.2 Å². The molecule has 0 saturated carbocycles. The molecule has 0 aliphatic carbocycles. The maximum Gasteiger partial charge on any atom is 0.335 e. The Kier molecular flexibility index (Phi) is 4.84. The summed E-state index contributed by atoms with van der Waals surface area (Å²) in [5.74, 6) is -1.09. The van der Waals surface area contributed by atoms with Crippen LogP contribution in [0.3, 0.4) is 0 Å². The van der Waals surface area contributed by atoms with E-state index in [9.17, 15) is 13.2 Å². The van der Waals surface area contributed by atoms with Gasteiger partial charge in [-0.3, -0.25) is 0 Å². The summed E-state index contributed by atoms with van der Waals surface area (Å²) in [6, 6.07) is 12.7. The summed E-state index contributed by atoms with van der Waals surface area (Å²) in [6.45, 7) is 0. The van der Waals surface area contributed by atoms with E-state index in [1.54, 1.807) is 6.07 Å². The van der Waals surface area contributed by atoms with Gasteiger partial charge in [0.05, 0.1) is 10.5 Å². The van der Waals surface area contributed by atoms with Crippen LogP contribution in [0.2, 0.25) is 5.02 Å². The average molecular weight is 348 g/mol. The Morgan fingerprint density at radius 2 is 1.65 bits per heavy atom. The third-order valence-electron chi connectivity index (χ3n) is 2.98. The molecular formula is C16H10ClNO4S. The lowest BCUT2D eigenvalue weighted by Crippen LogP contribution is -2.03. The van der Waals surface area contributed by atoms with Crippen molar-refractivity contribution in [3.05, 3.63) is 69.6 Å². The number of nitrogens with zero attached hydrogens (tertiary/aromatic N) is 1. The number of carboxylic acids is 1. The molecule has 0 amide bonds. The quantitative estimate of drug-likeness (QED) is 0.855. The van der Waals surface area contributed by atoms with Crippen molar-refractivity contribution in [3.8, 4) is 6.07 Å². The Balaban J connectivity index is 2.44. The molecule has 0 bridgehead atoms. The van der Waals surface area contributed by atoms with Gasteiger partial charge < -0.3 is 5.11 Å². The molecule has 1 N–H and O–H groups in total. The normalized spacial score (nSPS) is 11.7. The highest BCUT2D eigenvalue weighted by molar-refractivity contribution is 7.95. The summed E-state index contributed by atoms with van der Waals surface area (Å²) in [5, 5.41) is 18.4. The molecule has 5 nitrogen and oxygen atoms in total. The predicted octanol–water partition coefficient (Wildman–Crippen LogP) is 3.38. The van der Waals surface area contributed by atoms with Crippen LogP contribution in [0, 0.1) is 11.3 Å². The number of carboxylic acid groups (broad SMARTS) is 1. The van der Waals surface area contributed by atoms with Crippen molar-refractivity contribution < 1.29 is 18.3 Å². The molecule has 7 heteroatoms. The van der Waals surface area contributed by atoms with Crippen molar-refractivity contribution in [2.75, 3.05) is 0 Å². The van der Waals surface area contributed by atoms with Gasteiger partial charge >= 0.3 is 5.97 Å². The Morgan fingerprint density at radius 3 is 2.13 bits per heavy atom. The Labute approximate surface area is 138 Å². The van der Waals surface area contributed by atoms with Crippen LogP contribution < -0.4 is 0 Å². The Morgan fingerprint density at radius 1 is 1.09 bits per heavy atom. The van der Waals surface area contributed by atoms with Crippen LogP contribution in [-0.2, 0) is 9.84 Å². The monoisotopic (exact) mass is 347 g/mol. The number of rotatable bonds is 4. The molecule has 0 unspecified atom stereocenters. The van der Waals surface area contributed by atoms with Crippen molar-refractivity contribution in [3.63, 3.8) is 0 Å². The highest BCUT2D eigenvalue weighted by Crippen LogP contribution is 2.22. The second-order valence-corrected chi connectivity index (χ2v) is 6.86. The van der Waals surface area contributed by atoms with Crippen LogP contribution >= 0.6 is 11.6 Å². The topological polar surface area (TPSA) is 95.2 Å². The maximum absolute atomic E-state index is 12.4. The first-order chi connectivity index (χ1) is 10.8. The lowest BCUT2D eigenvalue weighted by Gasteiger charge is -2.03. The summed E-state index contributed by atoms with van der Waals surface area (Å²) < 4.78 is 24.9. The minimum Gasteiger partial charge on any atom is -0.478 e. The van der Waals surface area contributed by atoms with Crippen LogP contribution in [0.15, 0.2) is 58.3 Å². The van der Waals surface area contributed by atoms with Crippen molar-refractivity contribution in [1.29, 1.82) is 5.26 Å². The fourth-order valence-corrected chi connectivity index (χ4v) is 3.07. The average Bonchev–Trinajstić information content (AvgIpc) is 2.53. The van der Waals surface area contributed by atoms with Crippen LogP contribution in [0.4, 0.5) is 0 Å². The lowest BCUT2D eigenvalue weighted by atomic mass is 10.1. The van der Waals surface area contributed by atoms with Crippen molar-refractivity contribution in [2.24, 2.45) is 0 Å². The van der Waals surface area contributed by atoms with Gasteiger partial charge in [-0.15, -0.1) is 0 Å². The van der Waals surface area contributed by atoms with Crippen molar-refractivity contribution >= 4 is 33.5 Å². The fraction of sp³-hybridized carbons (Fsp3) is 0. The zero-order valence-corrected chi connectivity index (χ0v) is 13.2. The van der Waals surface area contributed by atoms with Gasteiger partial charge in [-0.1, -0.05) is 23.7 Å². The summed E-state index contributed by atoms with van der Waals surface area (Å²) in [7, 11) is -3.97. The molecule has 2 rings (SSSR count). The van der Waals surface area contributed by atoms with Crippen LogP contribution in [0.5, 0.6) is 0 Å². The number of halogens is 1. The SMILES string of the molecule is N#C/C(=C\c1ccc(C(=O)O)cc1)S(=O)(=O)c1ccc(Cl)cc1. The first-order valence-electron chi connectivity index (χ1n) is 6.30.